The minimum atomic E-state index is -4.13. The average Bonchev–Trinajstić information content (AvgIpc) is 4.06. The van der Waals surface area contributed by atoms with E-state index >= 15 is 0 Å². The van der Waals surface area contributed by atoms with Crippen LogP contribution in [0.3, 0.4) is 0 Å². The largest absolute Gasteiger partial charge is 0.500 e. The lowest BCUT2D eigenvalue weighted by atomic mass is 10.4. The topological polar surface area (TPSA) is 391 Å². The maximum atomic E-state index is 10.7. The molecule has 4 unspecified atom stereocenters. The third kappa shape index (κ3) is 72.0. The van der Waals surface area contributed by atoms with Gasteiger partial charge in [-0.05, 0) is 174 Å². The van der Waals surface area contributed by atoms with Crippen LogP contribution in [0.25, 0.3) is 0 Å². The highest BCUT2D eigenvalue weighted by Gasteiger charge is 2.56. The second-order valence-corrected chi connectivity index (χ2v) is 77.3. The van der Waals surface area contributed by atoms with E-state index in [4.69, 9.17) is 79.7 Å². The smallest absolute Gasteiger partial charge is 0.417 e. The Kier molecular flexibility index (Phi) is 58.6. The van der Waals surface area contributed by atoms with Gasteiger partial charge >= 0.3 is 70.4 Å². The van der Waals surface area contributed by atoms with Crippen LogP contribution in [0.2, 0.25) is 169 Å². The summed E-state index contributed by atoms with van der Waals surface area (Å²) < 4.78 is 87.5. The minimum Gasteiger partial charge on any atom is -0.417 e. The van der Waals surface area contributed by atoms with Crippen molar-refractivity contribution in [2.45, 2.75) is 221 Å². The van der Waals surface area contributed by atoms with E-state index in [1.807, 2.05) is 78.6 Å². The molecule has 0 aromatic heterocycles. The molecule has 2 saturated heterocycles. The standard InChI is InChI=1S/C11H34O10SSi5.C11H34O7SSi5.C7H22O3Si3.C6H16O3SSi.2C4H8O.CH4.H2O2.H2O/c1-23(2,3)18-25(7,13)20-26(8,19-24(4,5)6)21-27(14,15)11-9-10-22-17-16-12;1-20(2,3)15-22(7,12)17-23(8,16-21(4,5)6)18-24(13,14)11-9-10-19;1-11(2,3)9-13(7,8)10-12(4,5)6;1-7-11(8-2,9-3)6-4-5-10;2*1-2-4-5-3-1;;1-2;/h12-15H,9-11H2,1-8H3;12-14,19H,9-11H2,1-8H3;8H,1-7H3;10H,4-6H2,1-3H3;2*1-4H2;1H4;1-2H;1H2. The van der Waals surface area contributed by atoms with E-state index in [2.05, 4.69) is 73.9 Å². The molecule has 0 aromatic carbocycles. The highest BCUT2D eigenvalue weighted by molar-refractivity contribution is 7.94. The van der Waals surface area contributed by atoms with E-state index in [-0.39, 0.29) is 25.0 Å². The zero-order chi connectivity index (χ0) is 69.7. The molecule has 45 heteroatoms. The summed E-state index contributed by atoms with van der Waals surface area (Å²) in [6.07, 6.45) is 6.92. The second-order valence-electron chi connectivity index (χ2n) is 26.3. The average molecular weight is 1600 g/mol. The second kappa shape index (κ2) is 49.5. The van der Waals surface area contributed by atoms with Crippen molar-refractivity contribution in [3.63, 3.8) is 0 Å². The first-order valence-corrected chi connectivity index (χ1v) is 68.7. The molecule has 2 heterocycles. The van der Waals surface area contributed by atoms with Gasteiger partial charge in [0.15, 0.2) is 49.9 Å². The lowest BCUT2D eigenvalue weighted by Crippen LogP contribution is -2.63. The Hall–Kier alpha value is 2.97. The van der Waals surface area contributed by atoms with Gasteiger partial charge < -0.3 is 103 Å². The van der Waals surface area contributed by atoms with Crippen LogP contribution >= 0.6 is 37.3 Å². The molecule has 2 fully saturated rings. The summed E-state index contributed by atoms with van der Waals surface area (Å²) in [4.78, 5) is 72.4. The van der Waals surface area contributed by atoms with Crippen molar-refractivity contribution in [3.8, 4) is 0 Å². The molecule has 0 radical (unpaired) electrons. The highest BCUT2D eigenvalue weighted by atomic mass is 32.2. The Labute approximate surface area is 567 Å². The van der Waals surface area contributed by atoms with E-state index in [1.165, 1.54) is 38.8 Å². The number of hydrogen-bond donors (Lipinski definition) is 12. The van der Waals surface area contributed by atoms with Crippen LogP contribution in [0.15, 0.2) is 0 Å². The van der Waals surface area contributed by atoms with Crippen molar-refractivity contribution in [1.29, 1.82) is 0 Å². The van der Waals surface area contributed by atoms with Crippen LogP contribution in [0.5, 0.6) is 0 Å². The zero-order valence-corrected chi connectivity index (χ0v) is 74.8. The van der Waals surface area contributed by atoms with E-state index in [0.29, 0.717) is 24.3 Å². The van der Waals surface area contributed by atoms with E-state index in [0.717, 1.165) is 56.7 Å². The Morgan fingerprint density at radius 1 is 0.382 bits per heavy atom. The van der Waals surface area contributed by atoms with Crippen LogP contribution in [-0.4, -0.2) is 240 Å². The first kappa shape index (κ1) is 105. The number of rotatable bonds is 35. The summed E-state index contributed by atoms with van der Waals surface area (Å²) in [7, 11) is -34.4. The fourth-order valence-corrected chi connectivity index (χ4v) is 55.1. The molecule has 0 aliphatic carbocycles. The predicted octanol–water partition coefficient (Wildman–Crippen LogP) is 9.19. The lowest BCUT2D eigenvalue weighted by Gasteiger charge is -2.40. The van der Waals surface area contributed by atoms with Gasteiger partial charge in [0.1, 0.15) is 0 Å². The molecule has 2 rings (SSSR count). The maximum absolute atomic E-state index is 10.7. The van der Waals surface area contributed by atoms with Crippen molar-refractivity contribution in [2.75, 3.05) is 65.0 Å². The van der Waals surface area contributed by atoms with Gasteiger partial charge in [0.05, 0.1) is 0 Å². The van der Waals surface area contributed by atoms with Gasteiger partial charge in [-0.2, -0.15) is 25.3 Å². The third-order valence-corrected chi connectivity index (χ3v) is 50.5. The van der Waals surface area contributed by atoms with Crippen LogP contribution < -0.4 is 0 Å². The van der Waals surface area contributed by atoms with E-state index in [1.54, 1.807) is 41.0 Å². The van der Waals surface area contributed by atoms with Crippen molar-refractivity contribution >= 4 is 158 Å². The Bertz CT molecular complexity index is 1640. The molecule has 0 saturated carbocycles. The molecule has 2 aliphatic rings. The molecule has 89 heavy (non-hydrogen) atoms. The summed E-state index contributed by atoms with van der Waals surface area (Å²) in [5.74, 6) is 1.71. The minimum absolute atomic E-state index is 0. The molecule has 4 atom stereocenters. The highest BCUT2D eigenvalue weighted by Crippen LogP contribution is 2.29. The maximum Gasteiger partial charge on any atom is 0.500 e. The first-order valence-electron chi connectivity index (χ1n) is 28.8. The normalized spacial score (nSPS) is 17.1. The third-order valence-electron chi connectivity index (χ3n) is 9.11. The Balaban J connectivity index is -0.000000195. The van der Waals surface area contributed by atoms with Crippen LogP contribution in [0.1, 0.15) is 52.4 Å². The van der Waals surface area contributed by atoms with Crippen molar-refractivity contribution in [1.82, 2.24) is 0 Å². The summed E-state index contributed by atoms with van der Waals surface area (Å²) in [6.45, 7) is 47.4. The van der Waals surface area contributed by atoms with E-state index in [9.17, 15) is 33.6 Å². The lowest BCUT2D eigenvalue weighted by molar-refractivity contribution is -0.432. The summed E-state index contributed by atoms with van der Waals surface area (Å²) in [6, 6.07) is 0.907. The van der Waals surface area contributed by atoms with Gasteiger partial charge in [-0.25, -0.2) is 5.26 Å². The van der Waals surface area contributed by atoms with Crippen molar-refractivity contribution in [2.24, 2.45) is 0 Å². The number of ether oxygens (including phenoxy) is 2. The zero-order valence-electron chi connectivity index (χ0n) is 58.2. The molecule has 548 valence electrons. The molecular weight excluding hydrogens is 1470 g/mol. The molecule has 0 spiro atoms. The van der Waals surface area contributed by atoms with Crippen molar-refractivity contribution in [3.05, 3.63) is 0 Å². The molecule has 0 aromatic rings. The summed E-state index contributed by atoms with van der Waals surface area (Å²) in [5.41, 5.74) is 0. The van der Waals surface area contributed by atoms with Crippen LogP contribution in [0.4, 0.5) is 0 Å². The van der Waals surface area contributed by atoms with Gasteiger partial charge in [-0.15, -0.1) is 4.33 Å². The summed E-state index contributed by atoms with van der Waals surface area (Å²) >= 11 is 9.00. The van der Waals surface area contributed by atoms with Gasteiger partial charge in [-0.1, -0.05) is 12.5 Å². The van der Waals surface area contributed by atoms with Crippen molar-refractivity contribution < 1.29 is 128 Å². The Morgan fingerprint density at radius 2 is 0.629 bits per heavy atom. The molecule has 12 N–H and O–H groups in total. The van der Waals surface area contributed by atoms with Gasteiger partial charge in [0.25, 0.3) is 0 Å². The van der Waals surface area contributed by atoms with Crippen LogP contribution in [0, 0.1) is 0 Å². The van der Waals surface area contributed by atoms with Gasteiger partial charge in [0, 0.05) is 116 Å². The molecular formula is C44H130O28S3Si14. The quantitative estimate of drug-likeness (QED) is 0.00702. The number of thiol groups is 2. The fourth-order valence-electron chi connectivity index (χ4n) is 7.55. The SMILES string of the molecule is C.C1CCOC1.C1CCOC1.CO[Si](CCCS)(OC)OC.C[Si](C)(C)O[Si](C)(O)O[Si](C)(C)C.C[Si](C)(C)O[Si](C)(O)O[Si](C)(O[Si](C)(C)C)O[Si](O)(O)CCCS.C[Si](C)(C)O[Si](C)(O)O[Si](C)(O[Si](C)(C)C)O[Si](O)(O)CCCSOOO.O.OO. The molecule has 28 nitrogen and oxygen atoms in total. The molecule has 2 aliphatic heterocycles. The Morgan fingerprint density at radius 3 is 0.843 bits per heavy atom. The molecule has 0 amide bonds. The first-order chi connectivity index (χ1) is 38.9. The monoisotopic (exact) mass is 1590 g/mol. The molecule has 0 bridgehead atoms. The summed E-state index contributed by atoms with van der Waals surface area (Å²) in [5, 5.41) is 23.5. The van der Waals surface area contributed by atoms with Gasteiger partial charge in [0.2, 0.25) is 0 Å². The van der Waals surface area contributed by atoms with Gasteiger partial charge in [-0.3, -0.25) is 10.5 Å². The predicted molar refractivity (Wildman–Crippen MR) is 392 cm³/mol. The van der Waals surface area contributed by atoms with Crippen LogP contribution in [-0.2, 0) is 73.3 Å². The fraction of sp³-hybridized carbons (Fsp3) is 1.00. The number of hydrogen-bond acceptors (Lipinski definition) is 30. The van der Waals surface area contributed by atoms with E-state index < -0.39 is 120 Å².